The van der Waals surface area contributed by atoms with Crippen LogP contribution in [0.5, 0.6) is 0 Å². The van der Waals surface area contributed by atoms with Crippen LogP contribution in [0.2, 0.25) is 0 Å². The van der Waals surface area contributed by atoms with Crippen LogP contribution in [0.15, 0.2) is 54.6 Å². The molecular weight excluding hydrogens is 528 g/mol. The fourth-order valence-corrected chi connectivity index (χ4v) is 8.96. The molecule has 1 N–H and O–H groups in total. The third-order valence-electron chi connectivity index (χ3n) is 8.89. The number of fused-ring (bicyclic) bond motifs is 2. The van der Waals surface area contributed by atoms with Gasteiger partial charge in [-0.3, -0.25) is 19.3 Å². The molecule has 1 spiro atoms. The number of nitrogens with zero attached hydrogens (tertiary/aromatic N) is 4. The number of rotatable bonds is 8. The van der Waals surface area contributed by atoms with Crippen molar-refractivity contribution in [3.63, 3.8) is 0 Å². The molecule has 0 radical (unpaired) electrons. The number of amides is 3. The van der Waals surface area contributed by atoms with Gasteiger partial charge in [-0.2, -0.15) is 0 Å². The molecule has 214 valence electrons. The summed E-state index contributed by atoms with van der Waals surface area (Å²) in [5.74, 6) is -1.40. The summed E-state index contributed by atoms with van der Waals surface area (Å²) in [5, 5.41) is 9.44. The molecule has 10 heteroatoms. The topological polar surface area (TPSA) is 93.6 Å². The first-order chi connectivity index (χ1) is 19.5. The predicted molar refractivity (Wildman–Crippen MR) is 152 cm³/mol. The van der Waals surface area contributed by atoms with E-state index in [4.69, 9.17) is 4.74 Å². The molecule has 3 saturated heterocycles. The van der Waals surface area contributed by atoms with Gasteiger partial charge in [0.15, 0.2) is 0 Å². The highest BCUT2D eigenvalue weighted by Crippen LogP contribution is 2.61. The minimum absolute atomic E-state index is 0.0291. The van der Waals surface area contributed by atoms with Crippen molar-refractivity contribution < 1.29 is 24.2 Å². The number of carbonyl (C=O) groups excluding carboxylic acids is 3. The fraction of sp³-hybridized carbons (Fsp3) is 0.567. The zero-order valence-corrected chi connectivity index (χ0v) is 23.6. The van der Waals surface area contributed by atoms with Crippen molar-refractivity contribution >= 4 is 29.5 Å². The SMILES string of the molecule is O=C1C2N(CCCO)C(=O)[C@@H]3[C@H]4C(=O)N(Cc5ccccc5)CC=C[C@H]4S[C@]23C=CCN1CCN1CCOCC1. The van der Waals surface area contributed by atoms with E-state index in [1.54, 1.807) is 16.7 Å². The van der Waals surface area contributed by atoms with Crippen molar-refractivity contribution in [3.8, 4) is 0 Å². The molecule has 0 saturated carbocycles. The van der Waals surface area contributed by atoms with Gasteiger partial charge in [-0.15, -0.1) is 11.8 Å². The molecule has 3 amide bonds. The van der Waals surface area contributed by atoms with Crippen molar-refractivity contribution in [2.24, 2.45) is 11.8 Å². The second kappa shape index (κ2) is 11.7. The number of hydrogen-bond acceptors (Lipinski definition) is 7. The van der Waals surface area contributed by atoms with Crippen LogP contribution in [0.4, 0.5) is 0 Å². The number of aliphatic hydroxyl groups is 1. The molecule has 9 nitrogen and oxygen atoms in total. The third-order valence-corrected chi connectivity index (χ3v) is 10.6. The summed E-state index contributed by atoms with van der Waals surface area (Å²) >= 11 is 1.61. The van der Waals surface area contributed by atoms with Crippen LogP contribution in [0.25, 0.3) is 0 Å². The molecule has 5 atom stereocenters. The van der Waals surface area contributed by atoms with E-state index < -0.39 is 22.6 Å². The zero-order valence-electron chi connectivity index (χ0n) is 22.8. The molecule has 5 heterocycles. The highest BCUT2D eigenvalue weighted by atomic mass is 32.2. The molecule has 0 bridgehead atoms. The van der Waals surface area contributed by atoms with Gasteiger partial charge < -0.3 is 24.5 Å². The summed E-state index contributed by atoms with van der Waals surface area (Å²) in [7, 11) is 0. The second-order valence-corrected chi connectivity index (χ2v) is 12.7. The molecule has 40 heavy (non-hydrogen) atoms. The number of hydrogen-bond donors (Lipinski definition) is 1. The normalized spacial score (nSPS) is 32.2. The summed E-state index contributed by atoms with van der Waals surface area (Å²) in [6.45, 7) is 6.12. The molecule has 5 aliphatic heterocycles. The summed E-state index contributed by atoms with van der Waals surface area (Å²) < 4.78 is 4.65. The van der Waals surface area contributed by atoms with Crippen molar-refractivity contribution in [1.82, 2.24) is 19.6 Å². The maximum Gasteiger partial charge on any atom is 0.247 e. The average Bonchev–Trinajstić information content (AvgIpc) is 3.29. The van der Waals surface area contributed by atoms with Crippen LogP contribution >= 0.6 is 11.8 Å². The molecule has 0 aromatic heterocycles. The Hall–Kier alpha value is -2.66. The van der Waals surface area contributed by atoms with E-state index in [0.717, 1.165) is 25.2 Å². The van der Waals surface area contributed by atoms with E-state index in [9.17, 15) is 19.5 Å². The first-order valence-electron chi connectivity index (χ1n) is 14.4. The van der Waals surface area contributed by atoms with Gasteiger partial charge in [0.2, 0.25) is 17.7 Å². The van der Waals surface area contributed by atoms with Gasteiger partial charge >= 0.3 is 0 Å². The lowest BCUT2D eigenvalue weighted by atomic mass is 9.78. The Bertz CT molecular complexity index is 1170. The Morgan fingerprint density at radius 1 is 0.925 bits per heavy atom. The van der Waals surface area contributed by atoms with E-state index in [0.29, 0.717) is 52.4 Å². The lowest BCUT2D eigenvalue weighted by Crippen LogP contribution is -2.54. The van der Waals surface area contributed by atoms with Crippen LogP contribution in [0.3, 0.4) is 0 Å². The Kier molecular flexibility index (Phi) is 8.03. The molecule has 5 aliphatic rings. The lowest BCUT2D eigenvalue weighted by Gasteiger charge is -2.36. The maximum atomic E-state index is 14.3. The highest BCUT2D eigenvalue weighted by molar-refractivity contribution is 8.02. The van der Waals surface area contributed by atoms with Gasteiger partial charge in [0.25, 0.3) is 0 Å². The van der Waals surface area contributed by atoms with Crippen molar-refractivity contribution in [2.45, 2.75) is 29.0 Å². The maximum absolute atomic E-state index is 14.3. The van der Waals surface area contributed by atoms with Crippen LogP contribution < -0.4 is 0 Å². The molecule has 6 rings (SSSR count). The van der Waals surface area contributed by atoms with Crippen LogP contribution in [0, 0.1) is 11.8 Å². The average molecular weight is 567 g/mol. The number of likely N-dealkylation sites (tertiary alicyclic amines) is 1. The van der Waals surface area contributed by atoms with Gasteiger partial charge in [-0.1, -0.05) is 54.6 Å². The summed E-state index contributed by atoms with van der Waals surface area (Å²) in [5.41, 5.74) is 1.05. The standard InChI is InChI=1S/C30H38N4O5S/c35-18-6-13-34-26-29(38)32(15-14-31-16-19-39-20-17-31)12-5-10-30(26)25(28(34)37)24-23(40-30)9-4-11-33(27(24)36)21-22-7-2-1-3-8-22/h1-5,7-10,23-26,35H,6,11-21H2/t23-,24+,25+,26?,30+/m1/s1. The second-order valence-electron chi connectivity index (χ2n) is 11.2. The fourth-order valence-electron chi connectivity index (χ4n) is 6.95. The molecule has 1 aromatic carbocycles. The smallest absolute Gasteiger partial charge is 0.247 e. The summed E-state index contributed by atoms with van der Waals surface area (Å²) in [4.78, 5) is 50.3. The van der Waals surface area contributed by atoms with Gasteiger partial charge in [0.1, 0.15) is 6.04 Å². The van der Waals surface area contributed by atoms with E-state index in [1.165, 1.54) is 0 Å². The first-order valence-corrected chi connectivity index (χ1v) is 15.3. The first kappa shape index (κ1) is 27.5. The van der Waals surface area contributed by atoms with Gasteiger partial charge in [0.05, 0.1) is 29.8 Å². The molecule has 0 aliphatic carbocycles. The van der Waals surface area contributed by atoms with Crippen LogP contribution in [0.1, 0.15) is 12.0 Å². The quantitative estimate of drug-likeness (QED) is 0.470. The van der Waals surface area contributed by atoms with Crippen LogP contribution in [-0.2, 0) is 25.7 Å². The van der Waals surface area contributed by atoms with Crippen molar-refractivity contribution in [2.75, 3.05) is 65.6 Å². The number of benzene rings is 1. The Balaban J connectivity index is 1.30. The minimum Gasteiger partial charge on any atom is -0.396 e. The van der Waals surface area contributed by atoms with Crippen LogP contribution in [-0.4, -0.2) is 124 Å². The number of ether oxygens (including phenoxy) is 1. The summed E-state index contributed by atoms with van der Waals surface area (Å²) in [6, 6.07) is 9.21. The van der Waals surface area contributed by atoms with Crippen molar-refractivity contribution in [3.05, 3.63) is 60.2 Å². The highest BCUT2D eigenvalue weighted by Gasteiger charge is 2.70. The number of aliphatic hydroxyl groups excluding tert-OH is 1. The van der Waals surface area contributed by atoms with Gasteiger partial charge in [-0.05, 0) is 12.0 Å². The largest absolute Gasteiger partial charge is 0.396 e. The van der Waals surface area contributed by atoms with E-state index >= 15 is 0 Å². The lowest BCUT2D eigenvalue weighted by molar-refractivity contribution is -0.144. The van der Waals surface area contributed by atoms with E-state index in [2.05, 4.69) is 17.1 Å². The zero-order chi connectivity index (χ0) is 27.7. The van der Waals surface area contributed by atoms with Gasteiger partial charge in [-0.25, -0.2) is 0 Å². The Labute approximate surface area is 239 Å². The Morgan fingerprint density at radius 2 is 1.70 bits per heavy atom. The van der Waals surface area contributed by atoms with E-state index in [1.807, 2.05) is 52.3 Å². The third kappa shape index (κ3) is 4.89. The van der Waals surface area contributed by atoms with Gasteiger partial charge in [0, 0.05) is 64.2 Å². The summed E-state index contributed by atoms with van der Waals surface area (Å²) in [6.07, 6.45) is 8.60. The minimum atomic E-state index is -0.817. The van der Waals surface area contributed by atoms with E-state index in [-0.39, 0.29) is 29.6 Å². The number of morpholine rings is 1. The molecule has 1 aromatic rings. The number of thioether (sulfide) groups is 1. The monoisotopic (exact) mass is 566 g/mol. The van der Waals surface area contributed by atoms with Crippen molar-refractivity contribution in [1.29, 1.82) is 0 Å². The Morgan fingerprint density at radius 3 is 2.48 bits per heavy atom. The molecule has 1 unspecified atom stereocenters. The molecular formula is C30H38N4O5S. The number of carbonyl (C=O) groups is 3. The molecule has 3 fully saturated rings. The predicted octanol–water partition coefficient (Wildman–Crippen LogP) is 0.995.